The minimum Gasteiger partial charge on any atom is -0.350 e. The first-order valence-corrected chi connectivity index (χ1v) is 9.48. The monoisotopic (exact) mass is 345 g/mol. The number of pyridine rings is 1. The molecule has 1 unspecified atom stereocenters. The Morgan fingerprint density at radius 1 is 1.24 bits per heavy atom. The Labute approximate surface area is 151 Å². The lowest BCUT2D eigenvalue weighted by molar-refractivity contribution is -0.133. The van der Waals surface area contributed by atoms with Gasteiger partial charge < -0.3 is 10.6 Å². The van der Waals surface area contributed by atoms with E-state index in [0.29, 0.717) is 6.54 Å². The van der Waals surface area contributed by atoms with Crippen molar-refractivity contribution in [1.29, 1.82) is 0 Å². The standard InChI is InChI=1S/C20H31N3O2/c1-4-15-7-9-17(10-8-15)19(24)23-18(14(2)3)20(25)22-13-16-6-5-11-21-12-16/h5-6,11-12,14-15,17-18H,4,7-10,13H2,1-3H3,(H,22,25)(H,23,24). The third-order valence-electron chi connectivity index (χ3n) is 5.23. The van der Waals surface area contributed by atoms with Crippen molar-refractivity contribution in [1.82, 2.24) is 15.6 Å². The molecule has 2 amide bonds. The quantitative estimate of drug-likeness (QED) is 0.798. The molecule has 1 saturated carbocycles. The maximum Gasteiger partial charge on any atom is 0.243 e. The summed E-state index contributed by atoms with van der Waals surface area (Å²) in [7, 11) is 0. The maximum atomic E-state index is 12.6. The fourth-order valence-corrected chi connectivity index (χ4v) is 3.44. The van der Waals surface area contributed by atoms with E-state index in [1.165, 1.54) is 6.42 Å². The van der Waals surface area contributed by atoms with Crippen molar-refractivity contribution in [2.24, 2.45) is 17.8 Å². The van der Waals surface area contributed by atoms with Gasteiger partial charge in [0, 0.05) is 24.9 Å². The number of nitrogens with one attached hydrogen (secondary N) is 2. The van der Waals surface area contributed by atoms with Gasteiger partial charge in [-0.15, -0.1) is 0 Å². The molecule has 0 radical (unpaired) electrons. The minimum atomic E-state index is -0.493. The van der Waals surface area contributed by atoms with Crippen LogP contribution < -0.4 is 10.6 Å². The van der Waals surface area contributed by atoms with Crippen LogP contribution >= 0.6 is 0 Å². The van der Waals surface area contributed by atoms with Crippen LogP contribution in [-0.4, -0.2) is 22.8 Å². The molecule has 1 aromatic heterocycles. The van der Waals surface area contributed by atoms with Crippen LogP contribution in [0.15, 0.2) is 24.5 Å². The number of carbonyl (C=O) groups excluding carboxylic acids is 2. The average molecular weight is 345 g/mol. The highest BCUT2D eigenvalue weighted by molar-refractivity contribution is 5.88. The lowest BCUT2D eigenvalue weighted by Gasteiger charge is -2.29. The molecule has 1 aromatic rings. The zero-order chi connectivity index (χ0) is 18.2. The molecule has 2 rings (SSSR count). The second kappa shape index (κ2) is 9.54. The smallest absolute Gasteiger partial charge is 0.243 e. The number of nitrogens with zero attached hydrogens (tertiary/aromatic N) is 1. The summed E-state index contributed by atoms with van der Waals surface area (Å²) in [5, 5.41) is 5.90. The molecule has 25 heavy (non-hydrogen) atoms. The first-order chi connectivity index (χ1) is 12.0. The highest BCUT2D eigenvalue weighted by Gasteiger charge is 2.30. The number of hydrogen-bond donors (Lipinski definition) is 2. The highest BCUT2D eigenvalue weighted by atomic mass is 16.2. The fourth-order valence-electron chi connectivity index (χ4n) is 3.44. The van der Waals surface area contributed by atoms with E-state index in [1.54, 1.807) is 12.4 Å². The third-order valence-corrected chi connectivity index (χ3v) is 5.23. The van der Waals surface area contributed by atoms with Gasteiger partial charge in [0.2, 0.25) is 11.8 Å². The van der Waals surface area contributed by atoms with Gasteiger partial charge in [-0.3, -0.25) is 14.6 Å². The number of amides is 2. The molecule has 0 spiro atoms. The van der Waals surface area contributed by atoms with Gasteiger partial charge in [-0.05, 0) is 49.1 Å². The van der Waals surface area contributed by atoms with E-state index in [1.807, 2.05) is 26.0 Å². The maximum absolute atomic E-state index is 12.6. The van der Waals surface area contributed by atoms with Gasteiger partial charge in [0.1, 0.15) is 6.04 Å². The topological polar surface area (TPSA) is 71.1 Å². The molecule has 0 saturated heterocycles. The molecule has 5 nitrogen and oxygen atoms in total. The van der Waals surface area contributed by atoms with Gasteiger partial charge in [0.05, 0.1) is 0 Å². The van der Waals surface area contributed by atoms with Crippen molar-refractivity contribution in [2.45, 2.75) is 65.5 Å². The van der Waals surface area contributed by atoms with E-state index in [-0.39, 0.29) is 23.7 Å². The molecular formula is C20H31N3O2. The Balaban J connectivity index is 1.87. The Hall–Kier alpha value is -1.91. The Morgan fingerprint density at radius 3 is 2.52 bits per heavy atom. The van der Waals surface area contributed by atoms with Crippen LogP contribution in [0.2, 0.25) is 0 Å². The van der Waals surface area contributed by atoms with Gasteiger partial charge in [0.25, 0.3) is 0 Å². The Kier molecular flexibility index (Phi) is 7.41. The van der Waals surface area contributed by atoms with Crippen LogP contribution in [0, 0.1) is 17.8 Å². The largest absolute Gasteiger partial charge is 0.350 e. The number of rotatable bonds is 7. The van der Waals surface area contributed by atoms with E-state index in [0.717, 1.165) is 37.2 Å². The van der Waals surface area contributed by atoms with Crippen LogP contribution in [0.25, 0.3) is 0 Å². The van der Waals surface area contributed by atoms with E-state index in [9.17, 15) is 9.59 Å². The van der Waals surface area contributed by atoms with Gasteiger partial charge in [-0.25, -0.2) is 0 Å². The second-order valence-corrected chi connectivity index (χ2v) is 7.44. The molecule has 1 aliphatic rings. The summed E-state index contributed by atoms with van der Waals surface area (Å²) in [6, 6.07) is 3.27. The van der Waals surface area contributed by atoms with Gasteiger partial charge >= 0.3 is 0 Å². The number of carbonyl (C=O) groups is 2. The average Bonchev–Trinajstić information content (AvgIpc) is 2.64. The van der Waals surface area contributed by atoms with Crippen LogP contribution in [0.3, 0.4) is 0 Å². The summed E-state index contributed by atoms with van der Waals surface area (Å²) >= 11 is 0. The Morgan fingerprint density at radius 2 is 1.96 bits per heavy atom. The molecule has 0 aromatic carbocycles. The SMILES string of the molecule is CCC1CCC(C(=O)NC(C(=O)NCc2cccnc2)C(C)C)CC1. The summed E-state index contributed by atoms with van der Waals surface area (Å²) in [5.74, 6) is 0.756. The summed E-state index contributed by atoms with van der Waals surface area (Å²) in [6.45, 7) is 6.56. The van der Waals surface area contributed by atoms with Crippen molar-refractivity contribution >= 4 is 11.8 Å². The van der Waals surface area contributed by atoms with Crippen molar-refractivity contribution in [3.05, 3.63) is 30.1 Å². The second-order valence-electron chi connectivity index (χ2n) is 7.44. The van der Waals surface area contributed by atoms with Crippen LogP contribution in [0.5, 0.6) is 0 Å². The molecule has 2 N–H and O–H groups in total. The van der Waals surface area contributed by atoms with E-state index < -0.39 is 6.04 Å². The minimum absolute atomic E-state index is 0.0322. The van der Waals surface area contributed by atoms with Crippen molar-refractivity contribution in [3.8, 4) is 0 Å². The molecule has 0 aliphatic heterocycles. The fraction of sp³-hybridized carbons (Fsp3) is 0.650. The molecule has 0 bridgehead atoms. The van der Waals surface area contributed by atoms with Crippen molar-refractivity contribution < 1.29 is 9.59 Å². The summed E-state index contributed by atoms with van der Waals surface area (Å²) in [4.78, 5) is 29.2. The Bertz CT molecular complexity index is 551. The van der Waals surface area contributed by atoms with Crippen LogP contribution in [0.1, 0.15) is 58.4 Å². The third kappa shape index (κ3) is 5.83. The zero-order valence-electron chi connectivity index (χ0n) is 15.6. The molecule has 5 heteroatoms. The van der Waals surface area contributed by atoms with E-state index in [4.69, 9.17) is 0 Å². The molecule has 1 atom stereocenters. The molecule has 138 valence electrons. The highest BCUT2D eigenvalue weighted by Crippen LogP contribution is 2.30. The predicted octanol–water partition coefficient (Wildman–Crippen LogP) is 3.06. The molecule has 1 fully saturated rings. The summed E-state index contributed by atoms with van der Waals surface area (Å²) < 4.78 is 0. The molecule has 1 aliphatic carbocycles. The molecule has 1 heterocycles. The van der Waals surface area contributed by atoms with Gasteiger partial charge in [0.15, 0.2) is 0 Å². The lowest BCUT2D eigenvalue weighted by Crippen LogP contribution is -2.51. The van der Waals surface area contributed by atoms with Crippen molar-refractivity contribution in [3.63, 3.8) is 0 Å². The predicted molar refractivity (Wildman–Crippen MR) is 98.6 cm³/mol. The first kappa shape index (κ1) is 19.4. The van der Waals surface area contributed by atoms with Crippen molar-refractivity contribution in [2.75, 3.05) is 0 Å². The first-order valence-electron chi connectivity index (χ1n) is 9.48. The summed E-state index contributed by atoms with van der Waals surface area (Å²) in [6.07, 6.45) is 8.74. The number of hydrogen-bond acceptors (Lipinski definition) is 3. The van der Waals surface area contributed by atoms with E-state index >= 15 is 0 Å². The lowest BCUT2D eigenvalue weighted by atomic mass is 9.80. The molecular weight excluding hydrogens is 314 g/mol. The zero-order valence-corrected chi connectivity index (χ0v) is 15.6. The van der Waals surface area contributed by atoms with Crippen LogP contribution in [0.4, 0.5) is 0 Å². The normalized spacial score (nSPS) is 21.6. The summed E-state index contributed by atoms with van der Waals surface area (Å²) in [5.41, 5.74) is 0.947. The van der Waals surface area contributed by atoms with Crippen LogP contribution in [-0.2, 0) is 16.1 Å². The van der Waals surface area contributed by atoms with E-state index in [2.05, 4.69) is 22.5 Å². The van der Waals surface area contributed by atoms with Gasteiger partial charge in [-0.1, -0.05) is 33.3 Å². The number of aromatic nitrogens is 1. The van der Waals surface area contributed by atoms with Gasteiger partial charge in [-0.2, -0.15) is 0 Å².